The molecule has 0 aliphatic heterocycles. The Morgan fingerprint density at radius 3 is 2.64 bits per heavy atom. The third-order valence-corrected chi connectivity index (χ3v) is 6.82. The second kappa shape index (κ2) is 8.81. The molecule has 1 aromatic carbocycles. The predicted molar refractivity (Wildman–Crippen MR) is 131 cm³/mol. The highest BCUT2D eigenvalue weighted by molar-refractivity contribution is 5.82. The zero-order chi connectivity index (χ0) is 22.9. The Morgan fingerprint density at radius 1 is 1.12 bits per heavy atom. The van der Waals surface area contributed by atoms with Gasteiger partial charge in [-0.05, 0) is 62.6 Å². The van der Waals surface area contributed by atoms with E-state index in [-0.39, 0.29) is 0 Å². The number of rotatable bonds is 6. The molecule has 0 saturated carbocycles. The smallest absolute Gasteiger partial charge is 0.141 e. The summed E-state index contributed by atoms with van der Waals surface area (Å²) < 4.78 is 7.42. The summed E-state index contributed by atoms with van der Waals surface area (Å²) in [6, 6.07) is 13.1. The Labute approximate surface area is 195 Å². The standard InChI is InChI=1S/C28H30N4O/c1-5-32-17-24(16-30-32)25-12-11-22(13-18(2)21-9-7-6-8-10-21)26-14-23(15-29-28(25)26)27-19(3)31-33-20(27)4/h6-10,12,14-18,22H,5,11,13H2,1-4H3. The average molecular weight is 439 g/mol. The van der Waals surface area contributed by atoms with Crippen molar-refractivity contribution in [1.29, 1.82) is 0 Å². The molecule has 0 amide bonds. The van der Waals surface area contributed by atoms with E-state index < -0.39 is 0 Å². The summed E-state index contributed by atoms with van der Waals surface area (Å²) in [5, 5.41) is 8.66. The van der Waals surface area contributed by atoms with E-state index in [4.69, 9.17) is 9.51 Å². The van der Waals surface area contributed by atoms with E-state index in [0.717, 1.165) is 53.2 Å². The molecule has 3 aromatic heterocycles. The topological polar surface area (TPSA) is 56.7 Å². The van der Waals surface area contributed by atoms with Gasteiger partial charge in [0.15, 0.2) is 0 Å². The molecule has 168 valence electrons. The van der Waals surface area contributed by atoms with Crippen molar-refractivity contribution >= 4 is 5.57 Å². The van der Waals surface area contributed by atoms with Crippen LogP contribution in [0.3, 0.4) is 0 Å². The molecular weight excluding hydrogens is 408 g/mol. The molecule has 2 atom stereocenters. The van der Waals surface area contributed by atoms with Crippen LogP contribution in [0, 0.1) is 13.8 Å². The van der Waals surface area contributed by atoms with Crippen molar-refractivity contribution in [2.45, 2.75) is 58.9 Å². The lowest BCUT2D eigenvalue weighted by Gasteiger charge is -2.27. The molecule has 4 aromatic rings. The normalized spacial score (nSPS) is 16.4. The summed E-state index contributed by atoms with van der Waals surface area (Å²) >= 11 is 0. The summed E-state index contributed by atoms with van der Waals surface area (Å²) in [7, 11) is 0. The van der Waals surface area contributed by atoms with Crippen LogP contribution in [0.2, 0.25) is 0 Å². The first kappa shape index (κ1) is 21.4. The van der Waals surface area contributed by atoms with Crippen LogP contribution in [0.15, 0.2) is 65.6 Å². The van der Waals surface area contributed by atoms with E-state index in [9.17, 15) is 0 Å². The van der Waals surface area contributed by atoms with Gasteiger partial charge in [0.1, 0.15) is 5.76 Å². The lowest BCUT2D eigenvalue weighted by molar-refractivity contribution is 0.393. The lowest BCUT2D eigenvalue weighted by atomic mass is 9.78. The van der Waals surface area contributed by atoms with Gasteiger partial charge in [0.25, 0.3) is 0 Å². The number of aromatic nitrogens is 4. The molecule has 5 rings (SSSR count). The van der Waals surface area contributed by atoms with Gasteiger partial charge in [-0.1, -0.05) is 48.5 Å². The fraction of sp³-hybridized carbons (Fsp3) is 0.321. The molecular formula is C28H30N4O. The molecule has 0 spiro atoms. The summed E-state index contributed by atoms with van der Waals surface area (Å²) in [4.78, 5) is 5.01. The monoisotopic (exact) mass is 438 g/mol. The van der Waals surface area contributed by atoms with Crippen molar-refractivity contribution in [1.82, 2.24) is 19.9 Å². The first-order chi connectivity index (χ1) is 16.0. The second-order valence-electron chi connectivity index (χ2n) is 9.04. The van der Waals surface area contributed by atoms with Crippen molar-refractivity contribution in [3.8, 4) is 11.1 Å². The molecule has 0 bridgehead atoms. The van der Waals surface area contributed by atoms with Crippen LogP contribution in [-0.4, -0.2) is 19.9 Å². The minimum atomic E-state index is 0.396. The average Bonchev–Trinajstić information content (AvgIpc) is 3.45. The molecule has 5 nitrogen and oxygen atoms in total. The number of benzene rings is 1. The first-order valence-electron chi connectivity index (χ1n) is 11.8. The Kier molecular flexibility index (Phi) is 5.71. The van der Waals surface area contributed by atoms with Crippen LogP contribution in [-0.2, 0) is 6.54 Å². The highest BCUT2D eigenvalue weighted by Crippen LogP contribution is 2.43. The molecule has 0 N–H and O–H groups in total. The van der Waals surface area contributed by atoms with E-state index in [0.29, 0.717) is 11.8 Å². The van der Waals surface area contributed by atoms with Crippen LogP contribution in [0.4, 0.5) is 0 Å². The van der Waals surface area contributed by atoms with Crippen LogP contribution < -0.4 is 0 Å². The van der Waals surface area contributed by atoms with Gasteiger partial charge in [0, 0.05) is 41.2 Å². The van der Waals surface area contributed by atoms with E-state index in [2.05, 4.69) is 72.8 Å². The zero-order valence-electron chi connectivity index (χ0n) is 19.7. The first-order valence-corrected chi connectivity index (χ1v) is 11.8. The summed E-state index contributed by atoms with van der Waals surface area (Å²) in [5.41, 5.74) is 9.09. The van der Waals surface area contributed by atoms with Crippen molar-refractivity contribution in [3.05, 3.63) is 94.9 Å². The van der Waals surface area contributed by atoms with E-state index in [1.54, 1.807) is 0 Å². The SMILES string of the molecule is CCn1cc(C2=CCC(CC(C)c3ccccc3)c3cc(-c4c(C)noc4C)cnc32)cn1. The number of fused-ring (bicyclic) bond motifs is 1. The summed E-state index contributed by atoms with van der Waals surface area (Å²) in [6.07, 6.45) is 10.4. The Balaban J connectivity index is 1.57. The fourth-order valence-corrected chi connectivity index (χ4v) is 5.03. The number of allylic oxidation sites excluding steroid dienone is 1. The van der Waals surface area contributed by atoms with Gasteiger partial charge in [-0.25, -0.2) is 0 Å². The molecule has 3 heterocycles. The molecule has 1 aliphatic rings. The predicted octanol–water partition coefficient (Wildman–Crippen LogP) is 6.68. The Bertz CT molecular complexity index is 1280. The van der Waals surface area contributed by atoms with Gasteiger partial charge in [-0.3, -0.25) is 9.67 Å². The van der Waals surface area contributed by atoms with Crippen molar-refractivity contribution in [2.24, 2.45) is 0 Å². The number of hydrogen-bond acceptors (Lipinski definition) is 4. The van der Waals surface area contributed by atoms with Crippen LogP contribution in [0.5, 0.6) is 0 Å². The Morgan fingerprint density at radius 2 is 1.94 bits per heavy atom. The lowest BCUT2D eigenvalue weighted by Crippen LogP contribution is -2.12. The number of nitrogens with zero attached hydrogens (tertiary/aromatic N) is 4. The number of hydrogen-bond donors (Lipinski definition) is 0. The van der Waals surface area contributed by atoms with Gasteiger partial charge in [0.2, 0.25) is 0 Å². The van der Waals surface area contributed by atoms with Crippen LogP contribution in [0.1, 0.15) is 72.4 Å². The van der Waals surface area contributed by atoms with E-state index >= 15 is 0 Å². The maximum Gasteiger partial charge on any atom is 0.141 e. The molecule has 0 fully saturated rings. The highest BCUT2D eigenvalue weighted by Gasteiger charge is 2.27. The number of pyridine rings is 1. The second-order valence-corrected chi connectivity index (χ2v) is 9.04. The van der Waals surface area contributed by atoms with Gasteiger partial charge in [0.05, 0.1) is 17.6 Å². The van der Waals surface area contributed by atoms with Crippen LogP contribution in [0.25, 0.3) is 16.7 Å². The summed E-state index contributed by atoms with van der Waals surface area (Å²) in [5.74, 6) is 1.69. The van der Waals surface area contributed by atoms with Crippen molar-refractivity contribution in [3.63, 3.8) is 0 Å². The minimum Gasteiger partial charge on any atom is -0.361 e. The van der Waals surface area contributed by atoms with Gasteiger partial charge in [-0.2, -0.15) is 5.10 Å². The fourth-order valence-electron chi connectivity index (χ4n) is 5.03. The number of aryl methyl sites for hydroxylation is 3. The third kappa shape index (κ3) is 4.04. The van der Waals surface area contributed by atoms with Gasteiger partial charge < -0.3 is 4.52 Å². The van der Waals surface area contributed by atoms with E-state index in [1.807, 2.05) is 30.9 Å². The van der Waals surface area contributed by atoms with Crippen molar-refractivity contribution < 1.29 is 4.52 Å². The van der Waals surface area contributed by atoms with Gasteiger partial charge >= 0.3 is 0 Å². The van der Waals surface area contributed by atoms with Gasteiger partial charge in [-0.15, -0.1) is 0 Å². The quantitative estimate of drug-likeness (QED) is 0.337. The van der Waals surface area contributed by atoms with Crippen molar-refractivity contribution in [2.75, 3.05) is 0 Å². The molecule has 0 radical (unpaired) electrons. The molecule has 1 aliphatic carbocycles. The maximum atomic E-state index is 5.45. The zero-order valence-corrected chi connectivity index (χ0v) is 19.7. The summed E-state index contributed by atoms with van der Waals surface area (Å²) in [6.45, 7) is 9.24. The third-order valence-electron chi connectivity index (χ3n) is 6.82. The molecule has 5 heteroatoms. The molecule has 33 heavy (non-hydrogen) atoms. The van der Waals surface area contributed by atoms with E-state index in [1.165, 1.54) is 16.7 Å². The maximum absolute atomic E-state index is 5.45. The Hall–Kier alpha value is -3.47. The van der Waals surface area contributed by atoms with Crippen LogP contribution >= 0.6 is 0 Å². The largest absolute Gasteiger partial charge is 0.361 e. The molecule has 0 saturated heterocycles. The molecule has 2 unspecified atom stereocenters. The highest BCUT2D eigenvalue weighted by atomic mass is 16.5. The minimum absolute atomic E-state index is 0.396.